The molecule has 18 heavy (non-hydrogen) atoms. The zero-order valence-electron chi connectivity index (χ0n) is 9.58. The summed E-state index contributed by atoms with van der Waals surface area (Å²) in [6.07, 6.45) is 1.31. The number of oxime groups is 1. The highest BCUT2D eigenvalue weighted by Gasteiger charge is 2.11. The summed E-state index contributed by atoms with van der Waals surface area (Å²) in [7, 11) is 1.32. The number of anilines is 1. The predicted octanol–water partition coefficient (Wildman–Crippen LogP) is 1.43. The Hall–Kier alpha value is -2.22. The summed E-state index contributed by atoms with van der Waals surface area (Å²) in [6.45, 7) is 3.52. The molecule has 0 fully saturated rings. The van der Waals surface area contributed by atoms with Crippen molar-refractivity contribution in [1.29, 1.82) is 0 Å². The van der Waals surface area contributed by atoms with Crippen LogP contribution in [0.5, 0.6) is 0 Å². The van der Waals surface area contributed by atoms with Gasteiger partial charge in [0.15, 0.2) is 17.1 Å². The SMILES string of the molecule is C=CCOC(=O)Nc1nc(/C(C=O)=N/OC)cs1. The summed E-state index contributed by atoms with van der Waals surface area (Å²) in [6, 6.07) is 0. The van der Waals surface area contributed by atoms with Gasteiger partial charge in [-0.3, -0.25) is 10.1 Å². The minimum absolute atomic E-state index is 0.0428. The van der Waals surface area contributed by atoms with Crippen molar-refractivity contribution in [3.63, 3.8) is 0 Å². The zero-order valence-corrected chi connectivity index (χ0v) is 10.4. The molecule has 0 radical (unpaired) electrons. The molecule has 0 saturated carbocycles. The average molecular weight is 269 g/mol. The molecule has 7 nitrogen and oxygen atoms in total. The van der Waals surface area contributed by atoms with Crippen LogP contribution in [0.25, 0.3) is 0 Å². The molecule has 1 rings (SSSR count). The van der Waals surface area contributed by atoms with Crippen molar-refractivity contribution in [1.82, 2.24) is 4.98 Å². The summed E-state index contributed by atoms with van der Waals surface area (Å²) < 4.78 is 4.71. The molecule has 0 aromatic carbocycles. The van der Waals surface area contributed by atoms with E-state index < -0.39 is 6.09 Å². The Morgan fingerprint density at radius 3 is 3.11 bits per heavy atom. The fourth-order valence-electron chi connectivity index (χ4n) is 0.934. The third-order valence-corrected chi connectivity index (χ3v) is 2.37. The first kappa shape index (κ1) is 13.8. The number of carbonyl (C=O) groups excluding carboxylic acids is 2. The molecule has 0 unspecified atom stereocenters. The second-order valence-electron chi connectivity index (χ2n) is 2.83. The van der Waals surface area contributed by atoms with E-state index in [1.54, 1.807) is 5.38 Å². The molecule has 0 saturated heterocycles. The summed E-state index contributed by atoms with van der Waals surface area (Å²) in [5.74, 6) is 0. The number of aromatic nitrogens is 1. The van der Waals surface area contributed by atoms with Gasteiger partial charge in [0.1, 0.15) is 19.4 Å². The van der Waals surface area contributed by atoms with Gasteiger partial charge in [-0.2, -0.15) is 0 Å². The number of thiazole rings is 1. The number of hydrogen-bond acceptors (Lipinski definition) is 7. The van der Waals surface area contributed by atoms with E-state index in [-0.39, 0.29) is 12.3 Å². The molecule has 0 spiro atoms. The molecule has 0 aliphatic carbocycles. The largest absolute Gasteiger partial charge is 0.445 e. The highest BCUT2D eigenvalue weighted by atomic mass is 32.1. The molecule has 0 bridgehead atoms. The molecule has 1 aromatic heterocycles. The number of rotatable bonds is 6. The van der Waals surface area contributed by atoms with E-state index in [1.807, 2.05) is 0 Å². The van der Waals surface area contributed by atoms with Crippen LogP contribution in [0.4, 0.5) is 9.93 Å². The fraction of sp³-hybridized carbons (Fsp3) is 0.200. The lowest BCUT2D eigenvalue weighted by Gasteiger charge is -2.00. The lowest BCUT2D eigenvalue weighted by molar-refractivity contribution is -0.102. The molecule has 0 aliphatic rings. The average Bonchev–Trinajstić information content (AvgIpc) is 2.81. The maximum atomic E-state index is 11.2. The van der Waals surface area contributed by atoms with Crippen LogP contribution < -0.4 is 5.32 Å². The van der Waals surface area contributed by atoms with E-state index in [4.69, 9.17) is 4.74 Å². The van der Waals surface area contributed by atoms with Crippen LogP contribution in [-0.4, -0.2) is 36.8 Å². The van der Waals surface area contributed by atoms with E-state index in [0.717, 1.165) is 11.3 Å². The quantitative estimate of drug-likeness (QED) is 0.365. The third kappa shape index (κ3) is 3.98. The number of hydrogen-bond donors (Lipinski definition) is 1. The zero-order chi connectivity index (χ0) is 13.4. The Morgan fingerprint density at radius 2 is 2.50 bits per heavy atom. The summed E-state index contributed by atoms with van der Waals surface area (Å²) in [5.41, 5.74) is 0.358. The smallest absolute Gasteiger partial charge is 0.413 e. The van der Waals surface area contributed by atoms with Crippen LogP contribution in [0.3, 0.4) is 0 Å². The predicted molar refractivity (Wildman–Crippen MR) is 66.9 cm³/mol. The van der Waals surface area contributed by atoms with E-state index in [9.17, 15) is 9.59 Å². The number of ether oxygens (including phenoxy) is 1. The highest BCUT2D eigenvalue weighted by Crippen LogP contribution is 2.16. The molecule has 1 amide bonds. The van der Waals surface area contributed by atoms with Crippen molar-refractivity contribution in [3.05, 3.63) is 23.7 Å². The van der Waals surface area contributed by atoms with Gasteiger partial charge in [0.05, 0.1) is 0 Å². The maximum Gasteiger partial charge on any atom is 0.413 e. The first-order valence-electron chi connectivity index (χ1n) is 4.78. The van der Waals surface area contributed by atoms with E-state index >= 15 is 0 Å². The van der Waals surface area contributed by atoms with Crippen molar-refractivity contribution in [3.8, 4) is 0 Å². The van der Waals surface area contributed by atoms with Crippen LogP contribution in [0.15, 0.2) is 23.2 Å². The molecule has 8 heteroatoms. The van der Waals surface area contributed by atoms with E-state index in [1.165, 1.54) is 13.2 Å². The third-order valence-electron chi connectivity index (χ3n) is 1.61. The molecule has 1 heterocycles. The van der Waals surface area contributed by atoms with Crippen molar-refractivity contribution >= 4 is 34.6 Å². The molecule has 1 aromatic rings. The topological polar surface area (TPSA) is 89.9 Å². The van der Waals surface area contributed by atoms with Gasteiger partial charge in [-0.15, -0.1) is 11.3 Å². The Kier molecular flexibility index (Phi) is 5.52. The van der Waals surface area contributed by atoms with Crippen molar-refractivity contribution in [2.75, 3.05) is 19.0 Å². The second kappa shape index (κ2) is 7.17. The van der Waals surface area contributed by atoms with Gasteiger partial charge in [-0.1, -0.05) is 17.8 Å². The molecule has 0 aliphatic heterocycles. The van der Waals surface area contributed by atoms with Gasteiger partial charge in [0, 0.05) is 5.38 Å². The lowest BCUT2D eigenvalue weighted by atomic mass is 10.3. The van der Waals surface area contributed by atoms with Crippen LogP contribution in [-0.2, 0) is 14.4 Å². The first-order valence-corrected chi connectivity index (χ1v) is 5.66. The Balaban J connectivity index is 2.68. The number of amides is 1. The van der Waals surface area contributed by atoms with Crippen molar-refractivity contribution < 1.29 is 19.2 Å². The van der Waals surface area contributed by atoms with Crippen molar-refractivity contribution in [2.24, 2.45) is 5.16 Å². The van der Waals surface area contributed by atoms with Gasteiger partial charge in [-0.05, 0) is 0 Å². The Bertz CT molecular complexity index is 469. The number of aldehydes is 1. The van der Waals surface area contributed by atoms with E-state index in [2.05, 4.69) is 26.9 Å². The summed E-state index contributed by atoms with van der Waals surface area (Å²) in [4.78, 5) is 30.4. The minimum atomic E-state index is -0.646. The van der Waals surface area contributed by atoms with Gasteiger partial charge < -0.3 is 9.57 Å². The number of nitrogens with one attached hydrogen (secondary N) is 1. The summed E-state index contributed by atoms with van der Waals surface area (Å²) in [5, 5.41) is 7.76. The van der Waals surface area contributed by atoms with Gasteiger partial charge in [0.2, 0.25) is 0 Å². The van der Waals surface area contributed by atoms with Gasteiger partial charge in [0.25, 0.3) is 0 Å². The molecule has 1 N–H and O–H groups in total. The molecular weight excluding hydrogens is 258 g/mol. The van der Waals surface area contributed by atoms with Crippen LogP contribution in [0, 0.1) is 0 Å². The Labute approximate surface area is 107 Å². The van der Waals surface area contributed by atoms with Crippen LogP contribution >= 0.6 is 11.3 Å². The number of nitrogens with zero attached hydrogens (tertiary/aromatic N) is 2. The monoisotopic (exact) mass is 269 g/mol. The van der Waals surface area contributed by atoms with Gasteiger partial charge >= 0.3 is 6.09 Å². The lowest BCUT2D eigenvalue weighted by Crippen LogP contribution is -2.13. The Morgan fingerprint density at radius 1 is 1.72 bits per heavy atom. The normalized spacial score (nSPS) is 10.6. The van der Waals surface area contributed by atoms with Gasteiger partial charge in [-0.25, -0.2) is 9.78 Å². The number of carbonyl (C=O) groups is 2. The minimum Gasteiger partial charge on any atom is -0.445 e. The molecule has 96 valence electrons. The second-order valence-corrected chi connectivity index (χ2v) is 3.69. The van der Waals surface area contributed by atoms with Crippen LogP contribution in [0.1, 0.15) is 5.69 Å². The van der Waals surface area contributed by atoms with Crippen molar-refractivity contribution in [2.45, 2.75) is 0 Å². The molecule has 0 atom stereocenters. The maximum absolute atomic E-state index is 11.2. The van der Waals surface area contributed by atoms with E-state index in [0.29, 0.717) is 17.1 Å². The fourth-order valence-corrected chi connectivity index (χ4v) is 1.62. The standard InChI is InChI=1S/C10H11N3O4S/c1-3-4-17-10(15)12-9-11-8(6-18-9)7(5-14)13-16-2/h3,5-6H,1,4H2,2H3,(H,11,12,15)/b13-7+. The van der Waals surface area contributed by atoms with Crippen LogP contribution in [0.2, 0.25) is 0 Å². The first-order chi connectivity index (χ1) is 8.71. The summed E-state index contributed by atoms with van der Waals surface area (Å²) >= 11 is 1.14. The highest BCUT2D eigenvalue weighted by molar-refractivity contribution is 7.14. The molecular formula is C10H11N3O4S.